The first-order valence-electron chi connectivity index (χ1n) is 11.2. The van der Waals surface area contributed by atoms with Gasteiger partial charge < -0.3 is 34.1 Å². The van der Waals surface area contributed by atoms with Crippen molar-refractivity contribution in [2.24, 2.45) is 0 Å². The van der Waals surface area contributed by atoms with Crippen molar-refractivity contribution in [3.63, 3.8) is 0 Å². The van der Waals surface area contributed by atoms with E-state index in [1.165, 1.54) is 6.20 Å². The van der Waals surface area contributed by atoms with Crippen LogP contribution in [-0.4, -0.2) is 62.2 Å². The summed E-state index contributed by atoms with van der Waals surface area (Å²) in [6.45, 7) is 3.22. The minimum absolute atomic E-state index is 0.439. The number of nitrogens with one attached hydrogen (secondary N) is 2. The second-order valence-electron chi connectivity index (χ2n) is 7.96. The summed E-state index contributed by atoms with van der Waals surface area (Å²) < 4.78 is 23.7. The summed E-state index contributed by atoms with van der Waals surface area (Å²) in [5.74, 6) is 2.22. The van der Waals surface area contributed by atoms with Crippen LogP contribution < -0.4 is 24.4 Å². The van der Waals surface area contributed by atoms with Gasteiger partial charge in [-0.3, -0.25) is 0 Å². The van der Waals surface area contributed by atoms with Gasteiger partial charge in [0, 0.05) is 30.0 Å². The molecule has 2 aromatic heterocycles. The average Bonchev–Trinajstić information content (AvgIpc) is 3.48. The number of nitrogens with zero attached hydrogens (tertiary/aromatic N) is 4. The predicted molar refractivity (Wildman–Crippen MR) is 132 cm³/mol. The van der Waals surface area contributed by atoms with Crippen LogP contribution in [-0.2, 0) is 4.74 Å². The zero-order valence-corrected chi connectivity index (χ0v) is 19.8. The van der Waals surface area contributed by atoms with Crippen LogP contribution in [0.2, 0.25) is 0 Å². The first kappa shape index (κ1) is 22.4. The van der Waals surface area contributed by atoms with Crippen LogP contribution in [0.3, 0.4) is 0 Å². The summed E-state index contributed by atoms with van der Waals surface area (Å²) in [7, 11) is 4.71. The van der Waals surface area contributed by atoms with Gasteiger partial charge in [0.25, 0.3) is 0 Å². The number of fused-ring (bicyclic) bond motifs is 1. The Morgan fingerprint density at radius 2 is 1.71 bits per heavy atom. The molecule has 0 amide bonds. The molecule has 2 aromatic carbocycles. The van der Waals surface area contributed by atoms with E-state index >= 15 is 0 Å². The number of aromatic amines is 1. The van der Waals surface area contributed by atoms with Gasteiger partial charge in [-0.15, -0.1) is 0 Å². The molecule has 0 unspecified atom stereocenters. The second-order valence-corrected chi connectivity index (χ2v) is 7.96. The van der Waals surface area contributed by atoms with Crippen LogP contribution in [0.4, 0.5) is 17.2 Å². The molecule has 0 aliphatic carbocycles. The Bertz CT molecular complexity index is 1350. The topological polar surface area (TPSA) is 109 Å². The summed E-state index contributed by atoms with van der Waals surface area (Å²) in [6.07, 6.45) is 1.54. The summed E-state index contributed by atoms with van der Waals surface area (Å²) in [4.78, 5) is 5.65. The molecule has 0 spiro atoms. The molecule has 1 fully saturated rings. The van der Waals surface area contributed by atoms with E-state index in [1.54, 1.807) is 25.8 Å². The summed E-state index contributed by atoms with van der Waals surface area (Å²) in [5.41, 5.74) is 4.56. The number of methoxy groups -OCH3 is 3. The first-order chi connectivity index (χ1) is 17.2. The molecule has 3 heterocycles. The van der Waals surface area contributed by atoms with Crippen molar-refractivity contribution in [3.05, 3.63) is 48.2 Å². The van der Waals surface area contributed by atoms with Gasteiger partial charge in [-0.25, -0.2) is 0 Å². The third-order valence-electron chi connectivity index (χ3n) is 6.04. The lowest BCUT2D eigenvalue weighted by atomic mass is 10.1. The number of H-pyrrole nitrogens is 1. The van der Waals surface area contributed by atoms with Gasteiger partial charge >= 0.3 is 0 Å². The van der Waals surface area contributed by atoms with Crippen LogP contribution in [0.5, 0.6) is 17.2 Å². The fourth-order valence-corrected chi connectivity index (χ4v) is 4.27. The molecule has 5 rings (SSSR count). The SMILES string of the molecule is COc1cc(-c2[nH]c3c(C#N)cnn3c2Nc2ccc(N3CCOCC3)cc2)cc(OC)c1OC. The molecule has 1 aliphatic heterocycles. The Morgan fingerprint density at radius 3 is 2.31 bits per heavy atom. The Kier molecular flexibility index (Phi) is 6.08. The molecular weight excluding hydrogens is 448 g/mol. The second kappa shape index (κ2) is 9.48. The zero-order valence-electron chi connectivity index (χ0n) is 19.8. The van der Waals surface area contributed by atoms with E-state index < -0.39 is 0 Å². The predicted octanol–water partition coefficient (Wildman–Crippen LogP) is 3.81. The van der Waals surface area contributed by atoms with Crippen LogP contribution in [0.15, 0.2) is 42.6 Å². The van der Waals surface area contributed by atoms with Crippen LogP contribution in [0.1, 0.15) is 5.56 Å². The van der Waals surface area contributed by atoms with Gasteiger partial charge in [-0.1, -0.05) is 0 Å². The van der Waals surface area contributed by atoms with Crippen molar-refractivity contribution in [3.8, 4) is 34.6 Å². The molecule has 1 saturated heterocycles. The fourth-order valence-electron chi connectivity index (χ4n) is 4.27. The van der Waals surface area contributed by atoms with Gasteiger partial charge in [0.2, 0.25) is 5.75 Å². The Labute approximate surface area is 202 Å². The fraction of sp³-hybridized carbons (Fsp3) is 0.280. The number of morpholine rings is 1. The maximum absolute atomic E-state index is 9.56. The molecule has 180 valence electrons. The molecule has 2 N–H and O–H groups in total. The summed E-state index contributed by atoms with van der Waals surface area (Å²) >= 11 is 0. The molecule has 0 radical (unpaired) electrons. The zero-order chi connectivity index (χ0) is 24.4. The van der Waals surface area contributed by atoms with Gasteiger partial charge in [0.15, 0.2) is 23.0 Å². The summed E-state index contributed by atoms with van der Waals surface area (Å²) in [6, 6.07) is 14.1. The quantitative estimate of drug-likeness (QED) is 0.416. The number of hydrogen-bond donors (Lipinski definition) is 2. The lowest BCUT2D eigenvalue weighted by Gasteiger charge is -2.28. The third kappa shape index (κ3) is 4.06. The number of nitriles is 1. The van der Waals surface area contributed by atoms with Crippen LogP contribution >= 0.6 is 0 Å². The number of rotatable bonds is 7. The number of benzene rings is 2. The van der Waals surface area contributed by atoms with Crippen molar-refractivity contribution in [1.82, 2.24) is 14.6 Å². The lowest BCUT2D eigenvalue weighted by molar-refractivity contribution is 0.122. The molecule has 1 aliphatic rings. The highest BCUT2D eigenvalue weighted by atomic mass is 16.5. The smallest absolute Gasteiger partial charge is 0.203 e. The summed E-state index contributed by atoms with van der Waals surface area (Å²) in [5, 5.41) is 17.5. The number of anilines is 3. The third-order valence-corrected chi connectivity index (χ3v) is 6.04. The minimum atomic E-state index is 0.439. The maximum Gasteiger partial charge on any atom is 0.203 e. The van der Waals surface area contributed by atoms with E-state index in [0.717, 1.165) is 48.9 Å². The maximum atomic E-state index is 9.56. The standard InChI is InChI=1S/C25H26N6O4/c1-32-20-12-16(13-21(33-2)23(20)34-3)22-25(31-24(29-22)17(14-26)15-27-31)28-18-4-6-19(7-5-18)30-8-10-35-11-9-30/h4-7,12-13,15,28-29H,8-11H2,1-3H3. The highest BCUT2D eigenvalue weighted by Crippen LogP contribution is 2.43. The molecule has 0 saturated carbocycles. The van der Waals surface area contributed by atoms with Gasteiger partial charge in [0.05, 0.1) is 46.4 Å². The Balaban J connectivity index is 1.57. The number of hydrogen-bond acceptors (Lipinski definition) is 8. The number of ether oxygens (including phenoxy) is 4. The molecule has 10 nitrogen and oxygen atoms in total. The van der Waals surface area contributed by atoms with E-state index in [1.807, 2.05) is 24.3 Å². The van der Waals surface area contributed by atoms with E-state index in [2.05, 4.69) is 38.5 Å². The molecular formula is C25H26N6O4. The van der Waals surface area contributed by atoms with Gasteiger partial charge in [-0.05, 0) is 36.4 Å². The highest BCUT2D eigenvalue weighted by molar-refractivity contribution is 5.83. The monoisotopic (exact) mass is 474 g/mol. The van der Waals surface area contributed by atoms with E-state index in [4.69, 9.17) is 18.9 Å². The van der Waals surface area contributed by atoms with E-state index in [0.29, 0.717) is 34.3 Å². The van der Waals surface area contributed by atoms with Crippen molar-refractivity contribution in [2.45, 2.75) is 0 Å². The Morgan fingerprint density at radius 1 is 1.03 bits per heavy atom. The van der Waals surface area contributed by atoms with Crippen molar-refractivity contribution in [2.75, 3.05) is 57.8 Å². The van der Waals surface area contributed by atoms with Crippen LogP contribution in [0.25, 0.3) is 16.9 Å². The molecule has 0 atom stereocenters. The largest absolute Gasteiger partial charge is 0.493 e. The number of aromatic nitrogens is 3. The van der Waals surface area contributed by atoms with Crippen molar-refractivity contribution < 1.29 is 18.9 Å². The normalized spacial score (nSPS) is 13.5. The average molecular weight is 475 g/mol. The van der Waals surface area contributed by atoms with Gasteiger partial charge in [-0.2, -0.15) is 14.9 Å². The molecule has 10 heteroatoms. The number of imidazole rings is 1. The highest BCUT2D eigenvalue weighted by Gasteiger charge is 2.21. The molecule has 0 bridgehead atoms. The minimum Gasteiger partial charge on any atom is -0.493 e. The van der Waals surface area contributed by atoms with Crippen molar-refractivity contribution in [1.29, 1.82) is 5.26 Å². The first-order valence-corrected chi connectivity index (χ1v) is 11.2. The van der Waals surface area contributed by atoms with Gasteiger partial charge in [0.1, 0.15) is 11.6 Å². The van der Waals surface area contributed by atoms with Crippen molar-refractivity contribution >= 4 is 22.8 Å². The molecule has 4 aromatic rings. The van der Waals surface area contributed by atoms with E-state index in [-0.39, 0.29) is 0 Å². The Hall–Kier alpha value is -4.36. The van der Waals surface area contributed by atoms with E-state index in [9.17, 15) is 5.26 Å². The lowest BCUT2D eigenvalue weighted by Crippen LogP contribution is -2.36. The van der Waals surface area contributed by atoms with Crippen LogP contribution in [0, 0.1) is 11.3 Å². The molecule has 35 heavy (non-hydrogen) atoms.